The van der Waals surface area contributed by atoms with Crippen LogP contribution in [0.5, 0.6) is 0 Å². The maximum absolute atomic E-state index is 12.2. The first-order valence-electron chi connectivity index (χ1n) is 6.73. The van der Waals surface area contributed by atoms with E-state index in [0.29, 0.717) is 17.9 Å². The molecule has 104 valence electrons. The van der Waals surface area contributed by atoms with Crippen LogP contribution >= 0.6 is 11.8 Å². The minimum absolute atomic E-state index is 0.124. The van der Waals surface area contributed by atoms with Crippen molar-refractivity contribution in [2.75, 3.05) is 18.1 Å². The number of hydrogen-bond acceptors (Lipinski definition) is 3. The van der Waals surface area contributed by atoms with Crippen molar-refractivity contribution in [3.05, 3.63) is 48.0 Å². The summed E-state index contributed by atoms with van der Waals surface area (Å²) < 4.78 is 0. The van der Waals surface area contributed by atoms with Gasteiger partial charge >= 0.3 is 0 Å². The Morgan fingerprint density at radius 3 is 2.80 bits per heavy atom. The van der Waals surface area contributed by atoms with Crippen LogP contribution in [0, 0.1) is 0 Å². The van der Waals surface area contributed by atoms with Crippen molar-refractivity contribution in [1.29, 1.82) is 0 Å². The maximum Gasteiger partial charge on any atom is 0.251 e. The highest BCUT2D eigenvalue weighted by Gasteiger charge is 2.31. The lowest BCUT2D eigenvalue weighted by atomic mass is 10.0. The molecule has 0 aromatic heterocycles. The predicted octanol–water partition coefficient (Wildman–Crippen LogP) is 2.44. The number of carbonyl (C=O) groups excluding carboxylic acids is 1. The van der Waals surface area contributed by atoms with E-state index < -0.39 is 5.60 Å². The van der Waals surface area contributed by atoms with Crippen LogP contribution in [0.15, 0.2) is 42.5 Å². The van der Waals surface area contributed by atoms with E-state index in [4.69, 9.17) is 0 Å². The minimum atomic E-state index is -0.739. The molecule has 1 fully saturated rings. The lowest BCUT2D eigenvalue weighted by molar-refractivity contribution is 0.0612. The summed E-state index contributed by atoms with van der Waals surface area (Å²) in [6.07, 6.45) is 0.746. The standard InChI is InChI=1S/C16H17NO2S/c18-15(17-10-16(19)7-8-20-11-16)14-6-5-12-3-1-2-4-13(12)9-14/h1-6,9,19H,7-8,10-11H2,(H,17,18). The number of amides is 1. The van der Waals surface area contributed by atoms with E-state index in [-0.39, 0.29) is 5.91 Å². The Morgan fingerprint density at radius 1 is 1.25 bits per heavy atom. The Hall–Kier alpha value is -1.52. The van der Waals surface area contributed by atoms with Gasteiger partial charge in [0.15, 0.2) is 0 Å². The summed E-state index contributed by atoms with van der Waals surface area (Å²) in [7, 11) is 0. The Balaban J connectivity index is 1.72. The molecule has 1 heterocycles. The Labute approximate surface area is 122 Å². The molecule has 2 N–H and O–H groups in total. The SMILES string of the molecule is O=C(NCC1(O)CCSC1)c1ccc2ccccc2c1. The highest BCUT2D eigenvalue weighted by atomic mass is 32.2. The molecule has 3 rings (SSSR count). The van der Waals surface area contributed by atoms with Crippen LogP contribution in [-0.2, 0) is 0 Å². The normalized spacial score (nSPS) is 22.1. The zero-order valence-corrected chi connectivity index (χ0v) is 12.0. The van der Waals surface area contributed by atoms with E-state index >= 15 is 0 Å². The van der Waals surface area contributed by atoms with Gasteiger partial charge in [0.1, 0.15) is 0 Å². The summed E-state index contributed by atoms with van der Waals surface area (Å²) in [5.41, 5.74) is -0.102. The summed E-state index contributed by atoms with van der Waals surface area (Å²) in [4.78, 5) is 12.2. The lowest BCUT2D eigenvalue weighted by Gasteiger charge is -2.21. The number of thioether (sulfide) groups is 1. The van der Waals surface area contributed by atoms with E-state index in [2.05, 4.69) is 5.32 Å². The van der Waals surface area contributed by atoms with Crippen molar-refractivity contribution in [3.8, 4) is 0 Å². The van der Waals surface area contributed by atoms with E-state index in [1.807, 2.05) is 42.5 Å². The zero-order valence-electron chi connectivity index (χ0n) is 11.1. The highest BCUT2D eigenvalue weighted by Crippen LogP contribution is 2.27. The fraction of sp³-hybridized carbons (Fsp3) is 0.312. The second kappa shape index (κ2) is 5.46. The monoisotopic (exact) mass is 287 g/mol. The van der Waals surface area contributed by atoms with Crippen LogP contribution in [0.25, 0.3) is 10.8 Å². The molecule has 3 nitrogen and oxygen atoms in total. The molecule has 4 heteroatoms. The van der Waals surface area contributed by atoms with Crippen LogP contribution in [0.1, 0.15) is 16.8 Å². The molecule has 0 bridgehead atoms. The average Bonchev–Trinajstić information content (AvgIpc) is 2.91. The van der Waals surface area contributed by atoms with Gasteiger partial charge in [0.2, 0.25) is 0 Å². The van der Waals surface area contributed by atoms with Gasteiger partial charge in [0, 0.05) is 17.9 Å². The number of aliphatic hydroxyl groups is 1. The quantitative estimate of drug-likeness (QED) is 0.911. The summed E-state index contributed by atoms with van der Waals surface area (Å²) in [5.74, 6) is 1.54. The predicted molar refractivity (Wildman–Crippen MR) is 83.2 cm³/mol. The van der Waals surface area contributed by atoms with Crippen LogP contribution < -0.4 is 5.32 Å². The molecular weight excluding hydrogens is 270 g/mol. The average molecular weight is 287 g/mol. The molecule has 0 spiro atoms. The van der Waals surface area contributed by atoms with Crippen LogP contribution in [-0.4, -0.2) is 34.7 Å². The lowest BCUT2D eigenvalue weighted by Crippen LogP contribution is -2.42. The van der Waals surface area contributed by atoms with E-state index in [0.717, 1.165) is 22.9 Å². The van der Waals surface area contributed by atoms with Crippen molar-refractivity contribution in [1.82, 2.24) is 5.32 Å². The van der Waals surface area contributed by atoms with Gasteiger partial charge in [-0.25, -0.2) is 0 Å². The van der Waals surface area contributed by atoms with Gasteiger partial charge in [-0.05, 0) is 35.1 Å². The molecule has 1 unspecified atom stereocenters. The molecular formula is C16H17NO2S. The first-order valence-corrected chi connectivity index (χ1v) is 7.89. The Bertz CT molecular complexity index is 635. The summed E-state index contributed by atoms with van der Waals surface area (Å²) in [5, 5.41) is 15.2. The summed E-state index contributed by atoms with van der Waals surface area (Å²) in [6.45, 7) is 0.325. The molecule has 0 saturated carbocycles. The minimum Gasteiger partial charge on any atom is -0.387 e. The van der Waals surface area contributed by atoms with Crippen molar-refractivity contribution < 1.29 is 9.90 Å². The Kier molecular flexibility index (Phi) is 3.68. The third-order valence-electron chi connectivity index (χ3n) is 3.67. The van der Waals surface area contributed by atoms with Crippen molar-refractivity contribution in [2.45, 2.75) is 12.0 Å². The van der Waals surface area contributed by atoms with Crippen molar-refractivity contribution in [2.24, 2.45) is 0 Å². The molecule has 2 aromatic rings. The first kappa shape index (κ1) is 13.5. The zero-order chi connectivity index (χ0) is 14.0. The van der Waals surface area contributed by atoms with Crippen LogP contribution in [0.3, 0.4) is 0 Å². The number of fused-ring (bicyclic) bond motifs is 1. The summed E-state index contributed by atoms with van der Waals surface area (Å²) in [6, 6.07) is 13.6. The maximum atomic E-state index is 12.2. The number of rotatable bonds is 3. The number of hydrogen-bond donors (Lipinski definition) is 2. The largest absolute Gasteiger partial charge is 0.387 e. The fourth-order valence-corrected chi connectivity index (χ4v) is 3.71. The molecule has 1 saturated heterocycles. The third-order valence-corrected chi connectivity index (χ3v) is 4.91. The number of carbonyl (C=O) groups is 1. The third kappa shape index (κ3) is 2.81. The molecule has 1 amide bonds. The molecule has 0 aliphatic carbocycles. The number of benzene rings is 2. The van der Waals surface area contributed by atoms with Gasteiger partial charge in [0.05, 0.1) is 5.60 Å². The second-order valence-corrected chi connectivity index (χ2v) is 6.38. The van der Waals surface area contributed by atoms with Gasteiger partial charge in [-0.2, -0.15) is 11.8 Å². The number of nitrogens with one attached hydrogen (secondary N) is 1. The van der Waals surface area contributed by atoms with Crippen molar-refractivity contribution in [3.63, 3.8) is 0 Å². The topological polar surface area (TPSA) is 49.3 Å². The highest BCUT2D eigenvalue weighted by molar-refractivity contribution is 7.99. The van der Waals surface area contributed by atoms with E-state index in [9.17, 15) is 9.90 Å². The first-order chi connectivity index (χ1) is 9.66. The molecule has 1 aliphatic rings. The van der Waals surface area contributed by atoms with E-state index in [1.165, 1.54) is 0 Å². The van der Waals surface area contributed by atoms with Gasteiger partial charge in [-0.15, -0.1) is 0 Å². The van der Waals surface area contributed by atoms with Crippen LogP contribution in [0.2, 0.25) is 0 Å². The smallest absolute Gasteiger partial charge is 0.251 e. The molecule has 0 radical (unpaired) electrons. The molecule has 20 heavy (non-hydrogen) atoms. The molecule has 1 aliphatic heterocycles. The van der Waals surface area contributed by atoms with Gasteiger partial charge in [-0.1, -0.05) is 30.3 Å². The second-order valence-electron chi connectivity index (χ2n) is 5.27. The van der Waals surface area contributed by atoms with Gasteiger partial charge in [-0.3, -0.25) is 4.79 Å². The van der Waals surface area contributed by atoms with Gasteiger partial charge in [0.25, 0.3) is 5.91 Å². The van der Waals surface area contributed by atoms with Crippen molar-refractivity contribution >= 4 is 28.4 Å². The van der Waals surface area contributed by atoms with Crippen LogP contribution in [0.4, 0.5) is 0 Å². The Morgan fingerprint density at radius 2 is 2.05 bits per heavy atom. The molecule has 2 aromatic carbocycles. The fourth-order valence-electron chi connectivity index (χ4n) is 2.41. The van der Waals surface area contributed by atoms with E-state index in [1.54, 1.807) is 11.8 Å². The summed E-state index contributed by atoms with van der Waals surface area (Å²) >= 11 is 1.73. The van der Waals surface area contributed by atoms with Gasteiger partial charge < -0.3 is 10.4 Å². The molecule has 1 atom stereocenters.